The zero-order chi connectivity index (χ0) is 20.8. The normalized spacial score (nSPS) is 46.7. The summed E-state index contributed by atoms with van der Waals surface area (Å²) in [5.41, 5.74) is 1.37. The zero-order valence-electron chi connectivity index (χ0n) is 20.8. The van der Waals surface area contributed by atoms with Gasteiger partial charge in [-0.15, -0.1) is 0 Å². The molecule has 0 aromatic rings. The summed E-state index contributed by atoms with van der Waals surface area (Å²) in [6.07, 6.45) is 19.8. The second-order valence-electron chi connectivity index (χ2n) is 13.1. The summed E-state index contributed by atoms with van der Waals surface area (Å²) in [6.45, 7) is 15.4. The molecule has 29 heavy (non-hydrogen) atoms. The highest BCUT2D eigenvalue weighted by Gasteiger charge is 2.60. The van der Waals surface area contributed by atoms with Gasteiger partial charge in [0.2, 0.25) is 0 Å². The Hall–Kier alpha value is 0. The van der Waals surface area contributed by atoms with Crippen LogP contribution in [0.15, 0.2) is 0 Å². The molecule has 0 spiro atoms. The highest BCUT2D eigenvalue weighted by molar-refractivity contribution is 5.09. The standard InChI is InChI=1S/C29H52/c1-7-22(20(2)3)12-11-21(4)25-15-16-26-24-14-13-23-10-8-9-18-28(23,5)27(24)17-19-29(25,26)6/h20-27H,7-19H2,1-6H3/t21-,22?,23?,24?,25?,26?,27?,28+,29+/m1/s1. The second-order valence-corrected chi connectivity index (χ2v) is 13.1. The number of hydrogen-bond acceptors (Lipinski definition) is 0. The molecule has 0 radical (unpaired) electrons. The van der Waals surface area contributed by atoms with Gasteiger partial charge in [-0.25, -0.2) is 0 Å². The summed E-state index contributed by atoms with van der Waals surface area (Å²) in [5.74, 6) is 8.02. The van der Waals surface area contributed by atoms with E-state index in [0.29, 0.717) is 10.8 Å². The Kier molecular flexibility index (Phi) is 6.51. The number of hydrogen-bond donors (Lipinski definition) is 0. The van der Waals surface area contributed by atoms with Crippen molar-refractivity contribution < 1.29 is 0 Å². The van der Waals surface area contributed by atoms with Gasteiger partial charge >= 0.3 is 0 Å². The predicted molar refractivity (Wildman–Crippen MR) is 127 cm³/mol. The van der Waals surface area contributed by atoms with Crippen LogP contribution in [0.5, 0.6) is 0 Å². The Morgan fingerprint density at radius 2 is 1.52 bits per heavy atom. The molecule has 168 valence electrons. The van der Waals surface area contributed by atoms with Crippen molar-refractivity contribution in [3.63, 3.8) is 0 Å². The number of fused-ring (bicyclic) bond motifs is 5. The molecule has 0 heterocycles. The van der Waals surface area contributed by atoms with E-state index in [9.17, 15) is 0 Å². The van der Waals surface area contributed by atoms with Crippen LogP contribution < -0.4 is 0 Å². The molecular formula is C29H52. The average molecular weight is 401 g/mol. The highest BCUT2D eigenvalue weighted by Crippen LogP contribution is 2.68. The quantitative estimate of drug-likeness (QED) is 0.417. The van der Waals surface area contributed by atoms with Crippen LogP contribution >= 0.6 is 0 Å². The van der Waals surface area contributed by atoms with E-state index in [1.807, 2.05) is 0 Å². The Morgan fingerprint density at radius 3 is 2.24 bits per heavy atom. The molecule has 0 heteroatoms. The van der Waals surface area contributed by atoms with Crippen molar-refractivity contribution in [3.05, 3.63) is 0 Å². The average Bonchev–Trinajstić information content (AvgIpc) is 3.05. The summed E-state index contributed by atoms with van der Waals surface area (Å²) in [5, 5.41) is 0. The molecule has 0 amide bonds. The van der Waals surface area contributed by atoms with Crippen LogP contribution in [0.2, 0.25) is 0 Å². The molecule has 4 aliphatic rings. The van der Waals surface area contributed by atoms with Crippen LogP contribution in [0.25, 0.3) is 0 Å². The molecule has 0 aromatic carbocycles. The minimum absolute atomic E-state index is 0.665. The van der Waals surface area contributed by atoms with Crippen molar-refractivity contribution >= 4 is 0 Å². The molecule has 4 rings (SSSR count). The fourth-order valence-corrected chi connectivity index (χ4v) is 9.96. The minimum Gasteiger partial charge on any atom is -0.0651 e. The van der Waals surface area contributed by atoms with Crippen molar-refractivity contribution in [2.24, 2.45) is 58.2 Å². The van der Waals surface area contributed by atoms with Crippen LogP contribution in [0.4, 0.5) is 0 Å². The van der Waals surface area contributed by atoms with Gasteiger partial charge in [-0.1, -0.05) is 67.2 Å². The molecule has 4 aliphatic carbocycles. The molecule has 0 bridgehead atoms. The lowest BCUT2D eigenvalue weighted by molar-refractivity contribution is -0.114. The van der Waals surface area contributed by atoms with Crippen LogP contribution in [-0.4, -0.2) is 0 Å². The SMILES string of the molecule is CCC(CC[C@@H](C)C1CCC2C3CCC4CCCC[C@]4(C)C3CC[C@]21C)C(C)C. The first kappa shape index (κ1) is 22.2. The Morgan fingerprint density at radius 1 is 0.759 bits per heavy atom. The minimum atomic E-state index is 0.665. The maximum Gasteiger partial charge on any atom is -0.0264 e. The molecule has 6 unspecified atom stereocenters. The topological polar surface area (TPSA) is 0 Å². The maximum atomic E-state index is 2.76. The first-order valence-electron chi connectivity index (χ1n) is 13.8. The molecule has 0 nitrogen and oxygen atoms in total. The van der Waals surface area contributed by atoms with E-state index in [0.717, 1.165) is 47.3 Å². The fourth-order valence-electron chi connectivity index (χ4n) is 9.96. The van der Waals surface area contributed by atoms with E-state index in [1.165, 1.54) is 32.1 Å². The van der Waals surface area contributed by atoms with Gasteiger partial charge in [0.25, 0.3) is 0 Å². The smallest absolute Gasteiger partial charge is 0.0264 e. The predicted octanol–water partition coefficient (Wildman–Crippen LogP) is 9.13. The Labute approximate surface area is 183 Å². The highest BCUT2D eigenvalue weighted by atomic mass is 14.6. The van der Waals surface area contributed by atoms with Gasteiger partial charge in [0.15, 0.2) is 0 Å². The molecule has 0 saturated heterocycles. The first-order valence-corrected chi connectivity index (χ1v) is 13.8. The Balaban J connectivity index is 1.45. The third kappa shape index (κ3) is 3.75. The number of rotatable bonds is 6. The van der Waals surface area contributed by atoms with Crippen molar-refractivity contribution in [1.29, 1.82) is 0 Å². The van der Waals surface area contributed by atoms with Crippen molar-refractivity contribution in [1.82, 2.24) is 0 Å². The monoisotopic (exact) mass is 400 g/mol. The lowest BCUT2D eigenvalue weighted by Crippen LogP contribution is -2.53. The van der Waals surface area contributed by atoms with E-state index in [1.54, 1.807) is 51.4 Å². The second kappa shape index (κ2) is 8.50. The van der Waals surface area contributed by atoms with Gasteiger partial charge in [-0.2, -0.15) is 0 Å². The third-order valence-corrected chi connectivity index (χ3v) is 11.8. The molecule has 0 N–H and O–H groups in total. The van der Waals surface area contributed by atoms with E-state index in [4.69, 9.17) is 0 Å². The van der Waals surface area contributed by atoms with Gasteiger partial charge in [0.05, 0.1) is 0 Å². The fraction of sp³-hybridized carbons (Fsp3) is 1.00. The van der Waals surface area contributed by atoms with E-state index in [-0.39, 0.29) is 0 Å². The zero-order valence-corrected chi connectivity index (χ0v) is 20.8. The third-order valence-electron chi connectivity index (χ3n) is 11.8. The van der Waals surface area contributed by atoms with E-state index < -0.39 is 0 Å². The first-order chi connectivity index (χ1) is 13.8. The summed E-state index contributed by atoms with van der Waals surface area (Å²) < 4.78 is 0. The van der Waals surface area contributed by atoms with Crippen LogP contribution in [0, 0.1) is 58.2 Å². The van der Waals surface area contributed by atoms with Crippen molar-refractivity contribution in [3.8, 4) is 0 Å². The van der Waals surface area contributed by atoms with E-state index >= 15 is 0 Å². The van der Waals surface area contributed by atoms with Gasteiger partial charge in [0.1, 0.15) is 0 Å². The summed E-state index contributed by atoms with van der Waals surface area (Å²) in [7, 11) is 0. The molecule has 0 aromatic heterocycles. The van der Waals surface area contributed by atoms with Gasteiger partial charge in [-0.3, -0.25) is 0 Å². The largest absolute Gasteiger partial charge is 0.0651 e. The lowest BCUT2D eigenvalue weighted by atomic mass is 9.44. The molecule has 0 aliphatic heterocycles. The van der Waals surface area contributed by atoms with Crippen molar-refractivity contribution in [2.45, 2.75) is 125 Å². The molecule has 4 fully saturated rings. The maximum absolute atomic E-state index is 2.76. The van der Waals surface area contributed by atoms with E-state index in [2.05, 4.69) is 41.5 Å². The lowest BCUT2D eigenvalue weighted by Gasteiger charge is -2.61. The summed E-state index contributed by atoms with van der Waals surface area (Å²) in [4.78, 5) is 0. The summed E-state index contributed by atoms with van der Waals surface area (Å²) in [6, 6.07) is 0. The molecule has 9 atom stereocenters. The molecule has 4 saturated carbocycles. The van der Waals surface area contributed by atoms with Crippen molar-refractivity contribution in [2.75, 3.05) is 0 Å². The van der Waals surface area contributed by atoms with Gasteiger partial charge in [0, 0.05) is 0 Å². The Bertz CT molecular complexity index is 548. The van der Waals surface area contributed by atoms with Crippen LogP contribution in [-0.2, 0) is 0 Å². The van der Waals surface area contributed by atoms with Gasteiger partial charge < -0.3 is 0 Å². The summed E-state index contributed by atoms with van der Waals surface area (Å²) >= 11 is 0. The van der Waals surface area contributed by atoms with Crippen LogP contribution in [0.1, 0.15) is 125 Å². The van der Waals surface area contributed by atoms with Gasteiger partial charge in [-0.05, 0) is 116 Å². The molecular weight excluding hydrogens is 348 g/mol. The van der Waals surface area contributed by atoms with Crippen LogP contribution in [0.3, 0.4) is 0 Å².